The van der Waals surface area contributed by atoms with Crippen LogP contribution in [0.15, 0.2) is 42.0 Å². The lowest BCUT2D eigenvalue weighted by Gasteiger charge is -2.67. The molecule has 1 N–H and O–H groups in total. The molecule has 1 heterocycles. The van der Waals surface area contributed by atoms with Crippen LogP contribution < -0.4 is 0 Å². The number of aliphatic hydroxyl groups is 1. The number of hydrogen-bond donors (Lipinski definition) is 1. The van der Waals surface area contributed by atoms with E-state index in [1.54, 1.807) is 12.1 Å². The van der Waals surface area contributed by atoms with Crippen LogP contribution in [0.5, 0.6) is 0 Å². The molecule has 0 amide bonds. The monoisotopic (exact) mass is 509 g/mol. The number of rotatable bonds is 6. The Balaban J connectivity index is 1.39. The van der Waals surface area contributed by atoms with Crippen molar-refractivity contribution in [3.05, 3.63) is 47.5 Å². The number of nitrogens with zero attached hydrogens (tertiary/aromatic N) is 1. The maximum absolute atomic E-state index is 13.3. The van der Waals surface area contributed by atoms with Gasteiger partial charge in [0.25, 0.3) is 0 Å². The van der Waals surface area contributed by atoms with Gasteiger partial charge in [-0.15, -0.1) is 0 Å². The fourth-order valence-corrected chi connectivity index (χ4v) is 10.8. The van der Waals surface area contributed by atoms with Gasteiger partial charge >= 0.3 is 5.97 Å². The van der Waals surface area contributed by atoms with E-state index in [9.17, 15) is 9.90 Å². The van der Waals surface area contributed by atoms with Crippen LogP contribution >= 0.6 is 0 Å². The Bertz CT molecular complexity index is 1120. The largest absolute Gasteiger partial charge is 0.455 e. The van der Waals surface area contributed by atoms with Gasteiger partial charge in [-0.2, -0.15) is 0 Å². The molecule has 37 heavy (non-hydrogen) atoms. The minimum Gasteiger partial charge on any atom is -0.455 e. The molecular weight excluding hydrogens is 470 g/mol. The van der Waals surface area contributed by atoms with E-state index in [-0.39, 0.29) is 58.7 Å². The smallest absolute Gasteiger partial charge is 0.338 e. The van der Waals surface area contributed by atoms with Crippen molar-refractivity contribution in [1.29, 1.82) is 0 Å². The van der Waals surface area contributed by atoms with Crippen LogP contribution in [0.1, 0.15) is 36.0 Å². The van der Waals surface area contributed by atoms with E-state index < -0.39 is 11.7 Å². The average molecular weight is 510 g/mol. The summed E-state index contributed by atoms with van der Waals surface area (Å²) in [6.45, 7) is 1.67. The van der Waals surface area contributed by atoms with Crippen molar-refractivity contribution in [2.45, 2.75) is 55.6 Å². The van der Waals surface area contributed by atoms with Crippen LogP contribution in [0, 0.1) is 34.5 Å². The Hall–Kier alpha value is -1.77. The molecule has 7 bridgehead atoms. The Morgan fingerprint density at radius 2 is 1.92 bits per heavy atom. The number of piperidine rings is 1. The van der Waals surface area contributed by atoms with Crippen LogP contribution in [-0.2, 0) is 18.9 Å². The number of methoxy groups -OCH3 is 3. The van der Waals surface area contributed by atoms with Crippen molar-refractivity contribution >= 4 is 5.97 Å². The number of ether oxygens (including phenoxy) is 4. The zero-order valence-corrected chi connectivity index (χ0v) is 22.3. The number of carbonyl (C=O) groups excluding carboxylic acids is 1. The molecule has 1 unspecified atom stereocenters. The molecule has 4 saturated carbocycles. The Morgan fingerprint density at radius 3 is 2.62 bits per heavy atom. The van der Waals surface area contributed by atoms with Crippen molar-refractivity contribution in [2.75, 3.05) is 41.5 Å². The normalized spacial score (nSPS) is 49.1. The van der Waals surface area contributed by atoms with Gasteiger partial charge in [-0.05, 0) is 50.8 Å². The molecule has 0 aromatic heterocycles. The second-order valence-corrected chi connectivity index (χ2v) is 12.7. The molecule has 7 rings (SSSR count). The Labute approximate surface area is 219 Å². The van der Waals surface area contributed by atoms with Crippen LogP contribution in [-0.4, -0.2) is 87.5 Å². The third-order valence-electron chi connectivity index (χ3n) is 11.4. The number of carbonyl (C=O) groups is 1. The van der Waals surface area contributed by atoms with Crippen molar-refractivity contribution in [3.63, 3.8) is 0 Å². The molecule has 5 fully saturated rings. The molecule has 7 nitrogen and oxygen atoms in total. The van der Waals surface area contributed by atoms with E-state index in [0.717, 1.165) is 19.4 Å². The second kappa shape index (κ2) is 8.12. The fraction of sp³-hybridized carbons (Fsp3) is 0.700. The highest BCUT2D eigenvalue weighted by Gasteiger charge is 2.83. The van der Waals surface area contributed by atoms with E-state index in [2.05, 4.69) is 18.0 Å². The van der Waals surface area contributed by atoms with Gasteiger partial charge in [0.15, 0.2) is 0 Å². The van der Waals surface area contributed by atoms with Crippen LogP contribution in [0.25, 0.3) is 0 Å². The molecular formula is C30H39NO6. The van der Waals surface area contributed by atoms with Gasteiger partial charge in [0.05, 0.1) is 24.4 Å². The first-order valence-electron chi connectivity index (χ1n) is 13.8. The first-order valence-corrected chi connectivity index (χ1v) is 13.8. The van der Waals surface area contributed by atoms with Crippen LogP contribution in [0.3, 0.4) is 0 Å². The van der Waals surface area contributed by atoms with Gasteiger partial charge in [-0.25, -0.2) is 4.79 Å². The SMILES string of the molecule is COC[C@@]12CC[C@H](OC)[C@@]34C([C@@H](C5=CC[C@@]6(O)C[C@@H]3[C@@H]5[C@H]6OC(=O)c3ccccc3)[C@H](OC)[C@H]14)N(C)C2. The second-order valence-electron chi connectivity index (χ2n) is 12.7. The molecule has 1 saturated heterocycles. The summed E-state index contributed by atoms with van der Waals surface area (Å²) < 4.78 is 25.0. The zero-order valence-electron chi connectivity index (χ0n) is 22.3. The van der Waals surface area contributed by atoms with Crippen molar-refractivity contribution in [3.8, 4) is 0 Å². The maximum Gasteiger partial charge on any atom is 0.338 e. The van der Waals surface area contributed by atoms with Gasteiger partial charge in [0.1, 0.15) is 11.7 Å². The molecule has 5 aliphatic carbocycles. The molecule has 11 atom stereocenters. The van der Waals surface area contributed by atoms with Crippen molar-refractivity contribution < 1.29 is 28.8 Å². The highest BCUT2D eigenvalue weighted by molar-refractivity contribution is 5.89. The van der Waals surface area contributed by atoms with E-state index in [1.165, 1.54) is 5.57 Å². The first kappa shape index (κ1) is 24.3. The molecule has 6 aliphatic rings. The Kier molecular flexibility index (Phi) is 5.33. The molecule has 0 radical (unpaired) electrons. The van der Waals surface area contributed by atoms with Crippen LogP contribution in [0.2, 0.25) is 0 Å². The maximum atomic E-state index is 13.3. The molecule has 1 aromatic carbocycles. The lowest BCUT2D eigenvalue weighted by atomic mass is 9.44. The van der Waals surface area contributed by atoms with Gasteiger partial charge in [0, 0.05) is 62.5 Å². The standard InChI is InChI=1S/C30H39NO6/c1-31-15-28(16-34-2)12-11-20(35-3)30-19-14-29(33)13-10-18(22(25(30)31)23(36-4)24(28)30)21(19)26(29)37-27(32)17-8-6-5-7-9-17/h5-10,19-26,33H,11-16H2,1-4H3/t19-,20+,21-,22+,23+,24-,25?,26-,28+,29-,30+/m1/s1. The van der Waals surface area contributed by atoms with Gasteiger partial charge < -0.3 is 29.0 Å². The predicted molar refractivity (Wildman–Crippen MR) is 136 cm³/mol. The quantitative estimate of drug-likeness (QED) is 0.467. The average Bonchev–Trinajstić information content (AvgIpc) is 3.23. The predicted octanol–water partition coefficient (Wildman–Crippen LogP) is 2.93. The van der Waals surface area contributed by atoms with Gasteiger partial charge in [0.2, 0.25) is 0 Å². The molecule has 1 aliphatic heterocycles. The third-order valence-corrected chi connectivity index (χ3v) is 11.4. The molecule has 7 heteroatoms. The first-order chi connectivity index (χ1) is 17.9. The Morgan fingerprint density at radius 1 is 1.14 bits per heavy atom. The minimum absolute atomic E-state index is 0.0298. The summed E-state index contributed by atoms with van der Waals surface area (Å²) in [6, 6.07) is 9.40. The summed E-state index contributed by atoms with van der Waals surface area (Å²) in [5.74, 6) is 0.173. The van der Waals surface area contributed by atoms with Gasteiger partial charge in [-0.3, -0.25) is 0 Å². The highest BCUT2D eigenvalue weighted by atomic mass is 16.6. The van der Waals surface area contributed by atoms with E-state index in [0.29, 0.717) is 25.0 Å². The lowest BCUT2D eigenvalue weighted by molar-refractivity contribution is -0.239. The van der Waals surface area contributed by atoms with Gasteiger partial charge in [-0.1, -0.05) is 29.8 Å². The van der Waals surface area contributed by atoms with E-state index >= 15 is 0 Å². The highest BCUT2D eigenvalue weighted by Crippen LogP contribution is 2.78. The van der Waals surface area contributed by atoms with E-state index in [4.69, 9.17) is 18.9 Å². The minimum atomic E-state index is -1.07. The summed E-state index contributed by atoms with van der Waals surface area (Å²) >= 11 is 0. The van der Waals surface area contributed by atoms with Crippen molar-refractivity contribution in [2.24, 2.45) is 34.5 Å². The van der Waals surface area contributed by atoms with Crippen LogP contribution in [0.4, 0.5) is 0 Å². The molecule has 200 valence electrons. The number of fused-ring (bicyclic) bond motifs is 2. The molecule has 1 spiro atoms. The summed E-state index contributed by atoms with van der Waals surface area (Å²) in [5, 5.41) is 12.1. The summed E-state index contributed by atoms with van der Waals surface area (Å²) in [7, 11) is 7.77. The number of esters is 1. The summed E-state index contributed by atoms with van der Waals surface area (Å²) in [5.41, 5.74) is 0.523. The summed E-state index contributed by atoms with van der Waals surface area (Å²) in [6.07, 6.45) is 4.91. The number of hydrogen-bond acceptors (Lipinski definition) is 7. The fourth-order valence-electron chi connectivity index (χ4n) is 10.8. The summed E-state index contributed by atoms with van der Waals surface area (Å²) in [4.78, 5) is 15.8. The number of likely N-dealkylation sites (tertiary alicyclic amines) is 1. The number of benzene rings is 1. The zero-order chi connectivity index (χ0) is 25.7. The lowest BCUT2D eigenvalue weighted by Crippen LogP contribution is -2.72. The third kappa shape index (κ3) is 2.82. The van der Waals surface area contributed by atoms with E-state index in [1.807, 2.05) is 39.5 Å². The molecule has 1 aromatic rings. The van der Waals surface area contributed by atoms with Crippen molar-refractivity contribution in [1.82, 2.24) is 4.90 Å². The topological polar surface area (TPSA) is 77.5 Å².